The Kier molecular flexibility index (Phi) is 3.76. The van der Waals surface area contributed by atoms with Crippen LogP contribution in [-0.4, -0.2) is 43.6 Å². The fraction of sp³-hybridized carbons (Fsp3) is 0.545. The summed E-state index contributed by atoms with van der Waals surface area (Å²) in [6.07, 6.45) is 6.74. The largest absolute Gasteiger partial charge is 0.383 e. The number of amides is 1. The van der Waals surface area contributed by atoms with Gasteiger partial charge < -0.3 is 19.7 Å². The third-order valence-electron chi connectivity index (χ3n) is 7.14. The lowest BCUT2D eigenvalue weighted by atomic mass is 9.94. The Hall–Kier alpha value is -2.90. The number of hydrogen-bond donors (Lipinski definition) is 1. The zero-order valence-electron chi connectivity index (χ0n) is 17.4. The number of nitrogens with two attached hydrogens (primary N) is 1. The van der Waals surface area contributed by atoms with E-state index in [9.17, 15) is 4.79 Å². The maximum Gasteiger partial charge on any atom is 0.219 e. The number of hydrogen-bond acceptors (Lipinski definition) is 6. The second-order valence-corrected chi connectivity index (χ2v) is 9.08. The molecule has 0 aromatic carbocycles. The Balaban J connectivity index is 1.61. The molecule has 1 aliphatic heterocycles. The Morgan fingerprint density at radius 2 is 2.07 bits per heavy atom. The molecular formula is C22H26N6O2. The molecule has 2 aliphatic carbocycles. The lowest BCUT2D eigenvalue weighted by Gasteiger charge is -2.19. The predicted molar refractivity (Wildman–Crippen MR) is 112 cm³/mol. The van der Waals surface area contributed by atoms with Crippen molar-refractivity contribution in [2.24, 2.45) is 0 Å². The van der Waals surface area contributed by atoms with E-state index < -0.39 is 0 Å². The van der Waals surface area contributed by atoms with Crippen molar-refractivity contribution in [1.29, 1.82) is 0 Å². The van der Waals surface area contributed by atoms with E-state index >= 15 is 0 Å². The molecule has 0 bridgehead atoms. The molecule has 8 heteroatoms. The molecule has 2 N–H and O–H groups in total. The molecule has 8 nitrogen and oxygen atoms in total. The van der Waals surface area contributed by atoms with E-state index in [-0.39, 0.29) is 11.9 Å². The highest BCUT2D eigenvalue weighted by Gasteiger charge is 2.39. The van der Waals surface area contributed by atoms with Crippen LogP contribution in [0.25, 0.3) is 22.3 Å². The van der Waals surface area contributed by atoms with E-state index in [1.165, 1.54) is 30.4 Å². The van der Waals surface area contributed by atoms with Gasteiger partial charge in [0, 0.05) is 42.8 Å². The van der Waals surface area contributed by atoms with Gasteiger partial charge >= 0.3 is 0 Å². The first-order valence-corrected chi connectivity index (χ1v) is 10.9. The van der Waals surface area contributed by atoms with Crippen LogP contribution in [0.5, 0.6) is 0 Å². The highest BCUT2D eigenvalue weighted by Crippen LogP contribution is 2.51. The van der Waals surface area contributed by atoms with Gasteiger partial charge in [0.15, 0.2) is 0 Å². The van der Waals surface area contributed by atoms with Crippen LogP contribution in [-0.2, 0) is 11.2 Å². The molecule has 156 valence electrons. The Labute approximate surface area is 174 Å². The van der Waals surface area contributed by atoms with Crippen LogP contribution in [0.15, 0.2) is 10.9 Å². The number of rotatable bonds is 2. The van der Waals surface area contributed by atoms with Crippen LogP contribution >= 0.6 is 0 Å². The van der Waals surface area contributed by atoms with Crippen LogP contribution in [0.4, 0.5) is 5.82 Å². The van der Waals surface area contributed by atoms with Crippen molar-refractivity contribution in [3.05, 3.63) is 23.3 Å². The summed E-state index contributed by atoms with van der Waals surface area (Å²) >= 11 is 0. The van der Waals surface area contributed by atoms with Crippen LogP contribution in [0.2, 0.25) is 0 Å². The molecule has 30 heavy (non-hydrogen) atoms. The molecule has 3 aromatic rings. The number of carbonyl (C=O) groups excluding carboxylic acids is 1. The third-order valence-corrected chi connectivity index (χ3v) is 7.14. The lowest BCUT2D eigenvalue weighted by molar-refractivity contribution is -0.127. The fourth-order valence-corrected chi connectivity index (χ4v) is 5.44. The van der Waals surface area contributed by atoms with E-state index in [0.717, 1.165) is 53.9 Å². The number of carbonyl (C=O) groups is 1. The molecule has 3 aromatic heterocycles. The highest BCUT2D eigenvalue weighted by molar-refractivity contribution is 6.02. The molecule has 2 fully saturated rings. The smallest absolute Gasteiger partial charge is 0.219 e. The summed E-state index contributed by atoms with van der Waals surface area (Å²) in [7, 11) is 0. The van der Waals surface area contributed by atoms with Gasteiger partial charge in [-0.05, 0) is 38.0 Å². The van der Waals surface area contributed by atoms with Gasteiger partial charge in [0.2, 0.25) is 5.91 Å². The van der Waals surface area contributed by atoms with E-state index in [1.54, 1.807) is 6.92 Å². The van der Waals surface area contributed by atoms with Crippen molar-refractivity contribution in [3.8, 4) is 11.3 Å². The maximum absolute atomic E-state index is 12.0. The zero-order chi connectivity index (χ0) is 20.6. The molecule has 1 saturated heterocycles. The summed E-state index contributed by atoms with van der Waals surface area (Å²) < 4.78 is 8.22. The van der Waals surface area contributed by atoms with Crippen molar-refractivity contribution in [2.45, 2.75) is 63.8 Å². The molecule has 2 atom stereocenters. The van der Waals surface area contributed by atoms with Crippen LogP contribution < -0.4 is 5.73 Å². The van der Waals surface area contributed by atoms with E-state index in [4.69, 9.17) is 10.3 Å². The molecule has 1 amide bonds. The number of likely N-dealkylation sites (tertiary alicyclic amines) is 1. The minimum atomic E-state index is 0.121. The van der Waals surface area contributed by atoms with Gasteiger partial charge in [-0.25, -0.2) is 9.97 Å². The number of nitrogens with zero attached hydrogens (tertiary/aromatic N) is 5. The highest BCUT2D eigenvalue weighted by atomic mass is 16.5. The van der Waals surface area contributed by atoms with Crippen molar-refractivity contribution in [3.63, 3.8) is 0 Å². The van der Waals surface area contributed by atoms with Gasteiger partial charge in [0.05, 0.1) is 11.4 Å². The van der Waals surface area contributed by atoms with Crippen LogP contribution in [0.1, 0.15) is 74.4 Å². The maximum atomic E-state index is 12.0. The summed E-state index contributed by atoms with van der Waals surface area (Å²) in [5, 5.41) is 5.45. The van der Waals surface area contributed by atoms with Crippen LogP contribution in [0, 0.1) is 0 Å². The third kappa shape index (κ3) is 2.45. The standard InChI is InChI=1S/C22H26N6O2/c1-11-3-6-15-17(19-16(11)20(30-26-19)13-4-5-13)18-21(23)24-10-25-22(18)28(15)14-7-8-27(9-14)12(2)29/h10-11,13-14H,3-9H2,1-2H3,(H2,23,24,25). The predicted octanol–water partition coefficient (Wildman–Crippen LogP) is 3.39. The molecular weight excluding hydrogens is 380 g/mol. The van der Waals surface area contributed by atoms with E-state index in [1.807, 2.05) is 4.90 Å². The van der Waals surface area contributed by atoms with Gasteiger partial charge in [0.1, 0.15) is 29.2 Å². The molecule has 0 spiro atoms. The number of fused-ring (bicyclic) bond motifs is 5. The molecule has 3 aliphatic rings. The van der Waals surface area contributed by atoms with Gasteiger partial charge in [-0.2, -0.15) is 0 Å². The van der Waals surface area contributed by atoms with Gasteiger partial charge in [-0.15, -0.1) is 0 Å². The second kappa shape index (κ2) is 6.30. The Morgan fingerprint density at radius 3 is 2.80 bits per heavy atom. The van der Waals surface area contributed by atoms with Crippen molar-refractivity contribution in [1.82, 2.24) is 24.6 Å². The number of anilines is 1. The Morgan fingerprint density at radius 1 is 1.23 bits per heavy atom. The van der Waals surface area contributed by atoms with Crippen molar-refractivity contribution >= 4 is 22.8 Å². The average Bonchev–Trinajstić information content (AvgIpc) is 3.19. The fourth-order valence-electron chi connectivity index (χ4n) is 5.44. The summed E-state index contributed by atoms with van der Waals surface area (Å²) in [5.41, 5.74) is 11.7. The van der Waals surface area contributed by atoms with E-state index in [0.29, 0.717) is 24.2 Å². The molecule has 1 saturated carbocycles. The van der Waals surface area contributed by atoms with Gasteiger partial charge in [-0.3, -0.25) is 4.79 Å². The monoisotopic (exact) mass is 406 g/mol. The molecule has 0 radical (unpaired) electrons. The van der Waals surface area contributed by atoms with Crippen molar-refractivity contribution in [2.75, 3.05) is 18.8 Å². The summed E-state index contributed by atoms with van der Waals surface area (Å²) in [4.78, 5) is 22.8. The van der Waals surface area contributed by atoms with Crippen LogP contribution in [0.3, 0.4) is 0 Å². The SMILES string of the molecule is CC(=O)N1CCC(n2c3c(c4c(N)ncnc42)-c2noc(C4CC4)c2C(C)CC3)C1. The first-order valence-electron chi connectivity index (χ1n) is 10.9. The quantitative estimate of drug-likeness (QED) is 0.700. The van der Waals surface area contributed by atoms with Gasteiger partial charge in [-0.1, -0.05) is 12.1 Å². The summed E-state index contributed by atoms with van der Waals surface area (Å²) in [6, 6.07) is 0.182. The summed E-state index contributed by atoms with van der Waals surface area (Å²) in [5.74, 6) is 2.54. The Bertz CT molecular complexity index is 1170. The minimum absolute atomic E-state index is 0.121. The number of aromatic nitrogens is 4. The minimum Gasteiger partial charge on any atom is -0.383 e. The average molecular weight is 406 g/mol. The second-order valence-electron chi connectivity index (χ2n) is 9.08. The number of nitrogen functional groups attached to an aromatic ring is 1. The summed E-state index contributed by atoms with van der Waals surface area (Å²) in [6.45, 7) is 5.38. The van der Waals surface area contributed by atoms with E-state index in [2.05, 4.69) is 26.6 Å². The molecule has 4 heterocycles. The topological polar surface area (TPSA) is 103 Å². The van der Waals surface area contributed by atoms with Crippen molar-refractivity contribution < 1.29 is 9.32 Å². The van der Waals surface area contributed by atoms with Gasteiger partial charge in [0.25, 0.3) is 0 Å². The molecule has 2 unspecified atom stereocenters. The first kappa shape index (κ1) is 17.9. The lowest BCUT2D eigenvalue weighted by Crippen LogP contribution is -2.26. The zero-order valence-corrected chi connectivity index (χ0v) is 17.4. The first-order chi connectivity index (χ1) is 14.5. The molecule has 6 rings (SSSR count). The normalized spacial score (nSPS) is 23.5.